The molecule has 0 spiro atoms. The minimum atomic E-state index is -3.24. The normalized spacial score (nSPS) is 11.1. The predicted octanol–water partition coefficient (Wildman–Crippen LogP) is 2.51. The molecule has 0 heterocycles. The largest absolute Gasteiger partial charge is 0.506 e. The number of phenols is 1. The van der Waals surface area contributed by atoms with Gasteiger partial charge in [0, 0.05) is 6.26 Å². The molecule has 6 nitrogen and oxygen atoms in total. The molecular weight excluding hydrogens is 330 g/mol. The van der Waals surface area contributed by atoms with Crippen molar-refractivity contribution in [3.8, 4) is 11.5 Å². The summed E-state index contributed by atoms with van der Waals surface area (Å²) >= 11 is 0. The molecule has 0 radical (unpaired) electrons. The molecule has 0 unspecified atom stereocenters. The number of sulfone groups is 1. The Morgan fingerprint density at radius 2 is 1.83 bits per heavy atom. The van der Waals surface area contributed by atoms with E-state index in [0.29, 0.717) is 11.4 Å². The van der Waals surface area contributed by atoms with Crippen LogP contribution in [0.4, 0.5) is 5.69 Å². The topological polar surface area (TPSA) is 92.7 Å². The number of rotatable bonds is 6. The van der Waals surface area contributed by atoms with Gasteiger partial charge in [0.2, 0.25) is 5.91 Å². The van der Waals surface area contributed by atoms with Crippen molar-refractivity contribution in [2.75, 3.05) is 18.2 Å². The molecule has 1 amide bonds. The highest BCUT2D eigenvalue weighted by molar-refractivity contribution is 7.90. The van der Waals surface area contributed by atoms with Gasteiger partial charge in [0.1, 0.15) is 11.5 Å². The highest BCUT2D eigenvalue weighted by Crippen LogP contribution is 2.24. The third kappa shape index (κ3) is 4.99. The number of phenolic OH excluding ortho intramolecular Hbond substituents is 1. The minimum Gasteiger partial charge on any atom is -0.506 e. The monoisotopic (exact) mass is 349 g/mol. The number of benzene rings is 2. The molecule has 2 aromatic carbocycles. The molecule has 0 saturated heterocycles. The van der Waals surface area contributed by atoms with Crippen molar-refractivity contribution in [3.63, 3.8) is 0 Å². The zero-order chi connectivity index (χ0) is 17.7. The van der Waals surface area contributed by atoms with E-state index in [1.54, 1.807) is 24.3 Å². The summed E-state index contributed by atoms with van der Waals surface area (Å²) in [7, 11) is -3.24. The number of aromatic hydroxyl groups is 1. The van der Waals surface area contributed by atoms with Crippen molar-refractivity contribution in [1.82, 2.24) is 0 Å². The number of amides is 1. The molecule has 24 heavy (non-hydrogen) atoms. The van der Waals surface area contributed by atoms with Gasteiger partial charge in [0.15, 0.2) is 9.84 Å². The van der Waals surface area contributed by atoms with Gasteiger partial charge in [-0.25, -0.2) is 8.42 Å². The van der Waals surface area contributed by atoms with Crippen LogP contribution >= 0.6 is 0 Å². The maximum Gasteiger partial charge on any atom is 0.227 e. The maximum absolute atomic E-state index is 11.9. The van der Waals surface area contributed by atoms with Gasteiger partial charge in [-0.3, -0.25) is 4.79 Å². The molecule has 2 N–H and O–H groups in total. The molecule has 2 rings (SSSR count). The Morgan fingerprint density at radius 1 is 1.17 bits per heavy atom. The second-order valence-electron chi connectivity index (χ2n) is 5.41. The lowest BCUT2D eigenvalue weighted by atomic mass is 10.2. The molecule has 2 aromatic rings. The van der Waals surface area contributed by atoms with Gasteiger partial charge >= 0.3 is 0 Å². The van der Waals surface area contributed by atoms with Crippen LogP contribution in [0.25, 0.3) is 0 Å². The number of hydrogen-bond acceptors (Lipinski definition) is 5. The van der Waals surface area contributed by atoms with E-state index in [1.165, 1.54) is 18.2 Å². The standard InChI is InChI=1S/C17H19NO5S/c1-12-3-8-16(19)15(11-12)18-17(20)9-10-23-13-4-6-14(7-5-13)24(2,21)22/h3-8,11,19H,9-10H2,1-2H3,(H,18,20). The number of ether oxygens (including phenoxy) is 1. The van der Waals surface area contributed by atoms with Crippen LogP contribution in [0.3, 0.4) is 0 Å². The SMILES string of the molecule is Cc1ccc(O)c(NC(=O)CCOc2ccc(S(C)(=O)=O)cc2)c1. The highest BCUT2D eigenvalue weighted by Gasteiger charge is 2.08. The molecule has 0 aromatic heterocycles. The Morgan fingerprint density at radius 3 is 2.46 bits per heavy atom. The van der Waals surface area contributed by atoms with Gasteiger partial charge in [-0.15, -0.1) is 0 Å². The lowest BCUT2D eigenvalue weighted by Crippen LogP contribution is -2.15. The molecule has 0 atom stereocenters. The Kier molecular flexibility index (Phi) is 5.46. The first kappa shape index (κ1) is 17.8. The van der Waals surface area contributed by atoms with E-state index in [9.17, 15) is 18.3 Å². The van der Waals surface area contributed by atoms with Crippen molar-refractivity contribution >= 4 is 21.4 Å². The summed E-state index contributed by atoms with van der Waals surface area (Å²) in [5.41, 5.74) is 1.28. The third-order valence-corrected chi connectivity index (χ3v) is 4.40. The van der Waals surface area contributed by atoms with E-state index in [-0.39, 0.29) is 29.6 Å². The number of nitrogens with one attached hydrogen (secondary N) is 1. The molecule has 0 aliphatic carbocycles. The molecule has 0 saturated carbocycles. The first-order valence-corrected chi connectivity index (χ1v) is 9.17. The number of aryl methyl sites for hydroxylation is 1. The molecule has 0 aliphatic heterocycles. The van der Waals surface area contributed by atoms with Gasteiger partial charge < -0.3 is 15.2 Å². The first-order valence-electron chi connectivity index (χ1n) is 7.28. The summed E-state index contributed by atoms with van der Waals surface area (Å²) in [4.78, 5) is 12.1. The zero-order valence-electron chi connectivity index (χ0n) is 13.4. The van der Waals surface area contributed by atoms with Crippen LogP contribution in [-0.4, -0.2) is 32.3 Å². The maximum atomic E-state index is 11.9. The summed E-state index contributed by atoms with van der Waals surface area (Å²) in [6.07, 6.45) is 1.23. The van der Waals surface area contributed by atoms with Gasteiger partial charge in [-0.2, -0.15) is 0 Å². The zero-order valence-corrected chi connectivity index (χ0v) is 14.3. The van der Waals surface area contributed by atoms with Crippen LogP contribution in [0.2, 0.25) is 0 Å². The van der Waals surface area contributed by atoms with Crippen molar-refractivity contribution in [1.29, 1.82) is 0 Å². The van der Waals surface area contributed by atoms with Gasteiger partial charge in [0.25, 0.3) is 0 Å². The number of carbonyl (C=O) groups excluding carboxylic acids is 1. The molecular formula is C17H19NO5S. The Bertz CT molecular complexity index is 829. The summed E-state index contributed by atoms with van der Waals surface area (Å²) in [5.74, 6) is 0.198. The fourth-order valence-electron chi connectivity index (χ4n) is 2.01. The fourth-order valence-corrected chi connectivity index (χ4v) is 2.64. The van der Waals surface area contributed by atoms with Crippen LogP contribution < -0.4 is 10.1 Å². The summed E-state index contributed by atoms with van der Waals surface area (Å²) in [6, 6.07) is 10.9. The van der Waals surface area contributed by atoms with E-state index in [2.05, 4.69) is 5.32 Å². The van der Waals surface area contributed by atoms with Crippen LogP contribution in [0.1, 0.15) is 12.0 Å². The predicted molar refractivity (Wildman–Crippen MR) is 91.1 cm³/mol. The van der Waals surface area contributed by atoms with Crippen LogP contribution in [0.5, 0.6) is 11.5 Å². The molecule has 0 bridgehead atoms. The van der Waals surface area contributed by atoms with E-state index in [0.717, 1.165) is 11.8 Å². The van der Waals surface area contributed by atoms with Crippen LogP contribution in [-0.2, 0) is 14.6 Å². The molecule has 0 aliphatic rings. The molecule has 7 heteroatoms. The number of hydrogen-bond donors (Lipinski definition) is 2. The lowest BCUT2D eigenvalue weighted by molar-refractivity contribution is -0.116. The Hall–Kier alpha value is -2.54. The minimum absolute atomic E-state index is 0.00577. The lowest BCUT2D eigenvalue weighted by Gasteiger charge is -2.09. The van der Waals surface area contributed by atoms with E-state index in [1.807, 2.05) is 6.92 Å². The average molecular weight is 349 g/mol. The van der Waals surface area contributed by atoms with E-state index >= 15 is 0 Å². The number of carbonyl (C=O) groups is 1. The molecule has 0 fully saturated rings. The Labute approximate surface area is 141 Å². The van der Waals surface area contributed by atoms with Gasteiger partial charge in [0.05, 0.1) is 23.6 Å². The molecule has 128 valence electrons. The first-order chi connectivity index (χ1) is 11.3. The van der Waals surface area contributed by atoms with Crippen molar-refractivity contribution < 1.29 is 23.1 Å². The van der Waals surface area contributed by atoms with Crippen molar-refractivity contribution in [3.05, 3.63) is 48.0 Å². The number of anilines is 1. The summed E-state index contributed by atoms with van der Waals surface area (Å²) < 4.78 is 28.1. The third-order valence-electron chi connectivity index (χ3n) is 3.28. The average Bonchev–Trinajstić information content (AvgIpc) is 2.50. The van der Waals surface area contributed by atoms with Crippen molar-refractivity contribution in [2.45, 2.75) is 18.2 Å². The second kappa shape index (κ2) is 7.35. The van der Waals surface area contributed by atoms with E-state index < -0.39 is 9.84 Å². The Balaban J connectivity index is 1.85. The van der Waals surface area contributed by atoms with E-state index in [4.69, 9.17) is 4.74 Å². The van der Waals surface area contributed by atoms with Gasteiger partial charge in [-0.1, -0.05) is 6.07 Å². The summed E-state index contributed by atoms with van der Waals surface area (Å²) in [6.45, 7) is 2.00. The van der Waals surface area contributed by atoms with Crippen LogP contribution in [0, 0.1) is 6.92 Å². The fraction of sp³-hybridized carbons (Fsp3) is 0.235. The second-order valence-corrected chi connectivity index (χ2v) is 7.43. The highest BCUT2D eigenvalue weighted by atomic mass is 32.2. The van der Waals surface area contributed by atoms with Crippen LogP contribution in [0.15, 0.2) is 47.4 Å². The summed E-state index contributed by atoms with van der Waals surface area (Å²) in [5, 5.41) is 12.3. The smallest absolute Gasteiger partial charge is 0.227 e. The van der Waals surface area contributed by atoms with Gasteiger partial charge in [-0.05, 0) is 48.9 Å². The van der Waals surface area contributed by atoms with Crippen molar-refractivity contribution in [2.24, 2.45) is 0 Å². The quantitative estimate of drug-likeness (QED) is 0.782.